The van der Waals surface area contributed by atoms with Crippen LogP contribution in [0.1, 0.15) is 18.6 Å². The van der Waals surface area contributed by atoms with Gasteiger partial charge in [-0.05, 0) is 19.1 Å². The van der Waals surface area contributed by atoms with Gasteiger partial charge in [0.05, 0.1) is 11.6 Å². The van der Waals surface area contributed by atoms with Gasteiger partial charge in [0, 0.05) is 40.7 Å². The number of nitrogens with zero attached hydrogens (tertiary/aromatic N) is 3. The van der Waals surface area contributed by atoms with Crippen LogP contribution in [0, 0.1) is 5.82 Å². The van der Waals surface area contributed by atoms with Crippen LogP contribution in [0.2, 0.25) is 0 Å². The molecule has 0 amide bonds. The van der Waals surface area contributed by atoms with Gasteiger partial charge in [-0.15, -0.1) is 0 Å². The van der Waals surface area contributed by atoms with E-state index in [9.17, 15) is 9.50 Å². The number of aromatic nitrogens is 3. The molecule has 0 spiro atoms. The molecule has 2 aromatic heterocycles. The molecule has 0 fully saturated rings. The van der Waals surface area contributed by atoms with Gasteiger partial charge in [-0.2, -0.15) is 0 Å². The van der Waals surface area contributed by atoms with Gasteiger partial charge < -0.3 is 5.11 Å². The number of aliphatic hydroxyl groups is 1. The Kier molecular flexibility index (Phi) is 3.78. The fourth-order valence-corrected chi connectivity index (χ4v) is 2.98. The van der Waals surface area contributed by atoms with Gasteiger partial charge in [0.1, 0.15) is 5.82 Å². The lowest BCUT2D eigenvalue weighted by Gasteiger charge is -2.06. The molecule has 0 aliphatic heterocycles. The summed E-state index contributed by atoms with van der Waals surface area (Å²) in [6, 6.07) is 14.3. The predicted molar refractivity (Wildman–Crippen MR) is 94.9 cm³/mol. The number of benzene rings is 2. The zero-order chi connectivity index (χ0) is 17.4. The normalized spacial score (nSPS) is 12.4. The average molecular weight is 333 g/mol. The quantitative estimate of drug-likeness (QED) is 0.609. The van der Waals surface area contributed by atoms with Crippen molar-refractivity contribution in [2.75, 3.05) is 0 Å². The Labute approximate surface area is 144 Å². The second kappa shape index (κ2) is 6.11. The summed E-state index contributed by atoms with van der Waals surface area (Å²) in [5, 5.41) is 11.0. The van der Waals surface area contributed by atoms with E-state index in [1.807, 2.05) is 35.0 Å². The van der Waals surface area contributed by atoms with Crippen LogP contribution in [0.25, 0.3) is 28.0 Å². The van der Waals surface area contributed by atoms with Gasteiger partial charge in [0.2, 0.25) is 5.95 Å². The van der Waals surface area contributed by atoms with Gasteiger partial charge in [-0.3, -0.25) is 4.57 Å². The first-order valence-corrected chi connectivity index (χ1v) is 8.00. The van der Waals surface area contributed by atoms with Gasteiger partial charge >= 0.3 is 0 Å². The highest BCUT2D eigenvalue weighted by molar-refractivity contribution is 5.85. The van der Waals surface area contributed by atoms with Crippen molar-refractivity contribution in [3.63, 3.8) is 0 Å². The molecule has 2 heterocycles. The summed E-state index contributed by atoms with van der Waals surface area (Å²) in [7, 11) is 0. The molecular formula is C20H16FN3O. The van der Waals surface area contributed by atoms with Crippen molar-refractivity contribution in [2.45, 2.75) is 13.0 Å². The standard InChI is InChI=1S/C20H16FN3O/c1-13(25)17-12-24(19-9-5-3-7-16(17)19)20-22-10-14(11-23-20)15-6-2-4-8-18(15)21/h2-13,25H,1H3. The maximum absolute atomic E-state index is 13.9. The van der Waals surface area contributed by atoms with E-state index >= 15 is 0 Å². The fourth-order valence-electron chi connectivity index (χ4n) is 2.98. The minimum Gasteiger partial charge on any atom is -0.389 e. The van der Waals surface area contributed by atoms with Crippen LogP contribution in [0.4, 0.5) is 4.39 Å². The Balaban J connectivity index is 1.81. The van der Waals surface area contributed by atoms with E-state index in [4.69, 9.17) is 0 Å². The Morgan fingerprint density at radius 3 is 2.40 bits per heavy atom. The Bertz CT molecular complexity index is 1040. The number of aliphatic hydroxyl groups excluding tert-OH is 1. The number of halogens is 1. The van der Waals surface area contributed by atoms with E-state index in [1.165, 1.54) is 6.07 Å². The largest absolute Gasteiger partial charge is 0.389 e. The summed E-state index contributed by atoms with van der Waals surface area (Å²) in [4.78, 5) is 8.79. The van der Waals surface area contributed by atoms with Crippen molar-refractivity contribution in [3.8, 4) is 17.1 Å². The summed E-state index contributed by atoms with van der Waals surface area (Å²) >= 11 is 0. The second-order valence-corrected chi connectivity index (χ2v) is 5.90. The molecule has 4 aromatic rings. The smallest absolute Gasteiger partial charge is 0.234 e. The third-order valence-electron chi connectivity index (χ3n) is 4.23. The maximum atomic E-state index is 13.9. The highest BCUT2D eigenvalue weighted by Gasteiger charge is 2.14. The SMILES string of the molecule is CC(O)c1cn(-c2ncc(-c3ccccc3F)cn2)c2ccccc12. The Morgan fingerprint density at radius 2 is 1.68 bits per heavy atom. The molecule has 0 aliphatic carbocycles. The molecule has 25 heavy (non-hydrogen) atoms. The fraction of sp³-hybridized carbons (Fsp3) is 0.100. The third-order valence-corrected chi connectivity index (χ3v) is 4.23. The van der Waals surface area contributed by atoms with Gasteiger partial charge in [-0.25, -0.2) is 14.4 Å². The molecule has 0 bridgehead atoms. The topological polar surface area (TPSA) is 50.9 Å². The molecule has 0 aliphatic rings. The molecule has 0 radical (unpaired) electrons. The summed E-state index contributed by atoms with van der Waals surface area (Å²) in [5.41, 5.74) is 2.82. The molecule has 0 saturated carbocycles. The number of fused-ring (bicyclic) bond motifs is 1. The minimum atomic E-state index is -0.594. The molecule has 2 aromatic carbocycles. The molecule has 1 N–H and O–H groups in total. The minimum absolute atomic E-state index is 0.304. The molecule has 5 heteroatoms. The van der Waals surface area contributed by atoms with Crippen molar-refractivity contribution >= 4 is 10.9 Å². The van der Waals surface area contributed by atoms with Gasteiger partial charge in [0.25, 0.3) is 0 Å². The van der Waals surface area contributed by atoms with Crippen LogP contribution in [0.15, 0.2) is 67.1 Å². The Morgan fingerprint density at radius 1 is 1.00 bits per heavy atom. The van der Waals surface area contributed by atoms with Crippen LogP contribution >= 0.6 is 0 Å². The first-order chi connectivity index (χ1) is 12.1. The highest BCUT2D eigenvalue weighted by Crippen LogP contribution is 2.28. The van der Waals surface area contributed by atoms with E-state index in [2.05, 4.69) is 9.97 Å². The van der Waals surface area contributed by atoms with Crippen molar-refractivity contribution in [1.29, 1.82) is 0 Å². The van der Waals surface area contributed by atoms with Crippen LogP contribution in [-0.2, 0) is 0 Å². The zero-order valence-electron chi connectivity index (χ0n) is 13.6. The zero-order valence-corrected chi connectivity index (χ0v) is 13.6. The monoisotopic (exact) mass is 333 g/mol. The predicted octanol–water partition coefficient (Wildman–Crippen LogP) is 4.28. The first-order valence-electron chi connectivity index (χ1n) is 8.00. The van der Waals surface area contributed by atoms with Gasteiger partial charge in [0.15, 0.2) is 0 Å². The first kappa shape index (κ1) is 15.5. The molecule has 1 atom stereocenters. The van der Waals surface area contributed by atoms with E-state index in [0.29, 0.717) is 17.1 Å². The van der Waals surface area contributed by atoms with Crippen LogP contribution in [0.3, 0.4) is 0 Å². The summed E-state index contributed by atoms with van der Waals surface area (Å²) in [5.74, 6) is 0.171. The average Bonchev–Trinajstić information content (AvgIpc) is 3.02. The maximum Gasteiger partial charge on any atom is 0.234 e. The number of rotatable bonds is 3. The van der Waals surface area contributed by atoms with Crippen LogP contribution in [-0.4, -0.2) is 19.6 Å². The van der Waals surface area contributed by atoms with E-state index in [0.717, 1.165) is 16.5 Å². The van der Waals surface area contributed by atoms with E-state index in [1.54, 1.807) is 37.5 Å². The third kappa shape index (κ3) is 2.68. The molecule has 1 unspecified atom stereocenters. The van der Waals surface area contributed by atoms with Crippen molar-refractivity contribution in [2.24, 2.45) is 0 Å². The van der Waals surface area contributed by atoms with Crippen molar-refractivity contribution in [1.82, 2.24) is 14.5 Å². The Hall–Kier alpha value is -3.05. The van der Waals surface area contributed by atoms with Crippen molar-refractivity contribution in [3.05, 3.63) is 78.5 Å². The van der Waals surface area contributed by atoms with E-state index < -0.39 is 6.10 Å². The summed E-state index contributed by atoms with van der Waals surface area (Å²) in [6.07, 6.45) is 4.46. The molecular weight excluding hydrogens is 317 g/mol. The van der Waals surface area contributed by atoms with E-state index in [-0.39, 0.29) is 5.82 Å². The van der Waals surface area contributed by atoms with Crippen molar-refractivity contribution < 1.29 is 9.50 Å². The number of para-hydroxylation sites is 1. The molecule has 4 nitrogen and oxygen atoms in total. The summed E-state index contributed by atoms with van der Waals surface area (Å²) < 4.78 is 15.7. The van der Waals surface area contributed by atoms with Crippen LogP contribution in [0.5, 0.6) is 0 Å². The lowest BCUT2D eigenvalue weighted by molar-refractivity contribution is 0.201. The highest BCUT2D eigenvalue weighted by atomic mass is 19.1. The second-order valence-electron chi connectivity index (χ2n) is 5.90. The molecule has 4 rings (SSSR count). The lowest BCUT2D eigenvalue weighted by atomic mass is 10.1. The van der Waals surface area contributed by atoms with Crippen LogP contribution < -0.4 is 0 Å². The number of hydrogen-bond acceptors (Lipinski definition) is 3. The number of hydrogen-bond donors (Lipinski definition) is 1. The molecule has 124 valence electrons. The summed E-state index contributed by atoms with van der Waals surface area (Å²) in [6.45, 7) is 1.73. The van der Waals surface area contributed by atoms with Gasteiger partial charge in [-0.1, -0.05) is 36.4 Å². The lowest BCUT2D eigenvalue weighted by Crippen LogP contribution is -2.00. The molecule has 0 saturated heterocycles.